The molecule has 1 aliphatic heterocycles. The van der Waals surface area contributed by atoms with E-state index in [-0.39, 0.29) is 18.2 Å². The number of nitrogens with zero attached hydrogens (tertiary/aromatic N) is 2. The predicted molar refractivity (Wildman–Crippen MR) is 86.9 cm³/mol. The van der Waals surface area contributed by atoms with Crippen LogP contribution in [-0.2, 0) is 9.84 Å². The fraction of sp³-hybridized carbons (Fsp3) is 0.600. The van der Waals surface area contributed by atoms with E-state index in [1.807, 2.05) is 0 Å². The molecule has 2 heterocycles. The van der Waals surface area contributed by atoms with Crippen molar-refractivity contribution in [3.63, 3.8) is 0 Å². The van der Waals surface area contributed by atoms with E-state index >= 15 is 0 Å². The SMILES string of the molecule is C[C@H]1CCCCN1c1cc(C(=O)NCCS(C)(=O)=O)ccn1. The van der Waals surface area contributed by atoms with Gasteiger partial charge in [-0.2, -0.15) is 0 Å². The van der Waals surface area contributed by atoms with Gasteiger partial charge in [0, 0.05) is 37.1 Å². The zero-order chi connectivity index (χ0) is 16.2. The van der Waals surface area contributed by atoms with Crippen LogP contribution < -0.4 is 10.2 Å². The molecule has 0 radical (unpaired) electrons. The van der Waals surface area contributed by atoms with E-state index in [1.54, 1.807) is 18.3 Å². The van der Waals surface area contributed by atoms with Gasteiger partial charge in [0.1, 0.15) is 15.7 Å². The van der Waals surface area contributed by atoms with Crippen LogP contribution >= 0.6 is 0 Å². The first-order chi connectivity index (χ1) is 10.4. The van der Waals surface area contributed by atoms with Crippen molar-refractivity contribution in [1.82, 2.24) is 10.3 Å². The van der Waals surface area contributed by atoms with Crippen molar-refractivity contribution in [3.05, 3.63) is 23.9 Å². The topological polar surface area (TPSA) is 79.4 Å². The molecule has 0 spiro atoms. The molecule has 1 fully saturated rings. The van der Waals surface area contributed by atoms with Gasteiger partial charge in [-0.15, -0.1) is 0 Å². The van der Waals surface area contributed by atoms with Crippen LogP contribution in [0.15, 0.2) is 18.3 Å². The molecular formula is C15H23N3O3S. The lowest BCUT2D eigenvalue weighted by atomic mass is 10.0. The van der Waals surface area contributed by atoms with Gasteiger partial charge in [-0.05, 0) is 38.3 Å². The molecule has 1 aliphatic rings. The molecule has 0 bridgehead atoms. The van der Waals surface area contributed by atoms with E-state index in [4.69, 9.17) is 0 Å². The number of anilines is 1. The molecule has 2 rings (SSSR count). The van der Waals surface area contributed by atoms with Gasteiger partial charge in [0.05, 0.1) is 5.75 Å². The van der Waals surface area contributed by atoms with Gasteiger partial charge in [0.15, 0.2) is 0 Å². The van der Waals surface area contributed by atoms with E-state index in [9.17, 15) is 13.2 Å². The van der Waals surface area contributed by atoms with Crippen molar-refractivity contribution in [1.29, 1.82) is 0 Å². The normalized spacial score (nSPS) is 19.0. The number of sulfone groups is 1. The number of hydrogen-bond acceptors (Lipinski definition) is 5. The van der Waals surface area contributed by atoms with Crippen molar-refractivity contribution >= 4 is 21.6 Å². The molecule has 1 aromatic rings. The van der Waals surface area contributed by atoms with E-state index in [0.717, 1.165) is 31.5 Å². The number of hydrogen-bond donors (Lipinski definition) is 1. The fourth-order valence-electron chi connectivity index (χ4n) is 2.61. The Morgan fingerprint density at radius 1 is 1.45 bits per heavy atom. The summed E-state index contributed by atoms with van der Waals surface area (Å²) in [6.07, 6.45) is 6.27. The zero-order valence-corrected chi connectivity index (χ0v) is 13.9. The maximum absolute atomic E-state index is 12.1. The van der Waals surface area contributed by atoms with E-state index in [2.05, 4.69) is 22.1 Å². The van der Waals surface area contributed by atoms with E-state index in [0.29, 0.717) is 11.6 Å². The zero-order valence-electron chi connectivity index (χ0n) is 13.1. The standard InChI is InChI=1S/C15H23N3O3S/c1-12-5-3-4-9-18(12)14-11-13(6-7-16-14)15(19)17-8-10-22(2,20)21/h6-7,11-12H,3-5,8-10H2,1-2H3,(H,17,19)/t12-/m0/s1. The quantitative estimate of drug-likeness (QED) is 0.881. The maximum atomic E-state index is 12.1. The molecule has 0 aliphatic carbocycles. The predicted octanol–water partition coefficient (Wildman–Crippen LogP) is 1.23. The van der Waals surface area contributed by atoms with Crippen LogP contribution in [0, 0.1) is 0 Å². The lowest BCUT2D eigenvalue weighted by Gasteiger charge is -2.34. The number of pyridine rings is 1. The smallest absolute Gasteiger partial charge is 0.251 e. The summed E-state index contributed by atoms with van der Waals surface area (Å²) in [6, 6.07) is 3.84. The first-order valence-corrected chi connectivity index (χ1v) is 9.61. The van der Waals surface area contributed by atoms with Gasteiger partial charge < -0.3 is 10.2 Å². The summed E-state index contributed by atoms with van der Waals surface area (Å²) in [7, 11) is -3.07. The molecule has 7 heteroatoms. The maximum Gasteiger partial charge on any atom is 0.251 e. The Kier molecular flexibility index (Phi) is 5.39. The van der Waals surface area contributed by atoms with Gasteiger partial charge in [-0.1, -0.05) is 0 Å². The molecule has 1 saturated heterocycles. The third-order valence-corrected chi connectivity index (χ3v) is 4.81. The van der Waals surface area contributed by atoms with Gasteiger partial charge in [0.2, 0.25) is 0 Å². The Bertz CT molecular complexity index is 631. The summed E-state index contributed by atoms with van der Waals surface area (Å²) >= 11 is 0. The van der Waals surface area contributed by atoms with Crippen LogP contribution in [0.5, 0.6) is 0 Å². The van der Waals surface area contributed by atoms with Crippen molar-refractivity contribution in [2.45, 2.75) is 32.2 Å². The summed E-state index contributed by atoms with van der Waals surface area (Å²) in [5, 5.41) is 2.63. The van der Waals surface area contributed by atoms with Gasteiger partial charge in [0.25, 0.3) is 5.91 Å². The highest BCUT2D eigenvalue weighted by molar-refractivity contribution is 7.90. The Hall–Kier alpha value is -1.63. The number of nitrogens with one attached hydrogen (secondary N) is 1. The second-order valence-electron chi connectivity index (χ2n) is 5.83. The summed E-state index contributed by atoms with van der Waals surface area (Å²) in [4.78, 5) is 18.7. The number of aromatic nitrogens is 1. The molecule has 1 amide bonds. The number of carbonyl (C=O) groups excluding carboxylic acids is 1. The van der Waals surface area contributed by atoms with Crippen molar-refractivity contribution in [2.24, 2.45) is 0 Å². The molecule has 1 aromatic heterocycles. The molecule has 122 valence electrons. The number of amides is 1. The van der Waals surface area contributed by atoms with Gasteiger partial charge >= 0.3 is 0 Å². The minimum atomic E-state index is -3.07. The average Bonchev–Trinajstić information content (AvgIpc) is 2.46. The van der Waals surface area contributed by atoms with Gasteiger partial charge in [-0.3, -0.25) is 4.79 Å². The van der Waals surface area contributed by atoms with E-state index in [1.165, 1.54) is 6.42 Å². The van der Waals surface area contributed by atoms with Gasteiger partial charge in [-0.25, -0.2) is 13.4 Å². The molecule has 22 heavy (non-hydrogen) atoms. The first-order valence-electron chi connectivity index (χ1n) is 7.55. The molecule has 0 saturated carbocycles. The van der Waals surface area contributed by atoms with E-state index < -0.39 is 9.84 Å². The second-order valence-corrected chi connectivity index (χ2v) is 8.09. The molecule has 0 unspecified atom stereocenters. The highest BCUT2D eigenvalue weighted by Gasteiger charge is 2.20. The van der Waals surface area contributed by atoms with Crippen molar-refractivity contribution in [2.75, 3.05) is 30.0 Å². The average molecular weight is 325 g/mol. The highest BCUT2D eigenvalue weighted by atomic mass is 32.2. The summed E-state index contributed by atoms with van der Waals surface area (Å²) in [6.45, 7) is 3.24. The Labute approximate surface area is 131 Å². The summed E-state index contributed by atoms with van der Waals surface area (Å²) in [5.74, 6) is 0.486. The van der Waals surface area contributed by atoms with Crippen LogP contribution in [0.1, 0.15) is 36.5 Å². The third kappa shape index (κ3) is 4.69. The number of piperidine rings is 1. The Morgan fingerprint density at radius 2 is 2.23 bits per heavy atom. The second kappa shape index (κ2) is 7.09. The lowest BCUT2D eigenvalue weighted by molar-refractivity contribution is 0.0956. The minimum absolute atomic E-state index is 0.0557. The molecular weight excluding hydrogens is 302 g/mol. The largest absolute Gasteiger partial charge is 0.354 e. The van der Waals surface area contributed by atoms with Crippen LogP contribution in [0.2, 0.25) is 0 Å². The molecule has 6 nitrogen and oxygen atoms in total. The monoisotopic (exact) mass is 325 g/mol. The molecule has 1 atom stereocenters. The van der Waals surface area contributed by atoms with Crippen molar-refractivity contribution in [3.8, 4) is 0 Å². The van der Waals surface area contributed by atoms with Crippen LogP contribution in [0.25, 0.3) is 0 Å². The molecule has 0 aromatic carbocycles. The molecule has 1 N–H and O–H groups in total. The Balaban J connectivity index is 2.02. The minimum Gasteiger partial charge on any atom is -0.354 e. The number of rotatable bonds is 5. The first kappa shape index (κ1) is 16.7. The lowest BCUT2D eigenvalue weighted by Crippen LogP contribution is -2.38. The van der Waals surface area contributed by atoms with Crippen LogP contribution in [0.4, 0.5) is 5.82 Å². The fourth-order valence-corrected chi connectivity index (χ4v) is 3.08. The Morgan fingerprint density at radius 3 is 2.91 bits per heavy atom. The summed E-state index contributed by atoms with van der Waals surface area (Å²) in [5.41, 5.74) is 0.510. The summed E-state index contributed by atoms with van der Waals surface area (Å²) < 4.78 is 22.2. The van der Waals surface area contributed by atoms with Crippen LogP contribution in [-0.4, -0.2) is 50.4 Å². The highest BCUT2D eigenvalue weighted by Crippen LogP contribution is 2.23. The number of carbonyl (C=O) groups is 1. The third-order valence-electron chi connectivity index (χ3n) is 3.86. The van der Waals surface area contributed by atoms with Crippen molar-refractivity contribution < 1.29 is 13.2 Å². The van der Waals surface area contributed by atoms with Crippen LogP contribution in [0.3, 0.4) is 0 Å².